The van der Waals surface area contributed by atoms with Crippen LogP contribution in [0.15, 0.2) is 53.7 Å². The normalized spacial score (nSPS) is 11.7. The molecule has 0 atom stereocenters. The third-order valence-corrected chi connectivity index (χ3v) is 5.96. The summed E-state index contributed by atoms with van der Waals surface area (Å²) in [5.41, 5.74) is 2.98. The molecule has 0 unspecified atom stereocenters. The van der Waals surface area contributed by atoms with Crippen LogP contribution in [0.1, 0.15) is 12.0 Å². The van der Waals surface area contributed by atoms with E-state index >= 15 is 0 Å². The SMILES string of the molecule is Cc1ccc(-n2c(SCCCS(N)(=O)=O)nnc2-c2ccc(Cl)cc2)cc1. The second-order valence-corrected chi connectivity index (χ2v) is 9.29. The van der Waals surface area contributed by atoms with Crippen molar-refractivity contribution in [2.45, 2.75) is 18.5 Å². The van der Waals surface area contributed by atoms with Crippen molar-refractivity contribution in [2.75, 3.05) is 11.5 Å². The predicted octanol–water partition coefficient (Wildman–Crippen LogP) is 3.67. The monoisotopic (exact) mass is 422 g/mol. The highest BCUT2D eigenvalue weighted by Gasteiger charge is 2.16. The topological polar surface area (TPSA) is 90.9 Å². The van der Waals surface area contributed by atoms with Crippen molar-refractivity contribution in [1.82, 2.24) is 14.8 Å². The number of rotatable bonds is 7. The molecular weight excluding hydrogens is 404 g/mol. The van der Waals surface area contributed by atoms with Gasteiger partial charge in [0, 0.05) is 22.0 Å². The number of hydrogen-bond donors (Lipinski definition) is 1. The van der Waals surface area contributed by atoms with Crippen molar-refractivity contribution in [3.63, 3.8) is 0 Å². The van der Waals surface area contributed by atoms with Crippen LogP contribution in [0.3, 0.4) is 0 Å². The second kappa shape index (κ2) is 8.43. The molecular formula is C18H19ClN4O2S2. The maximum Gasteiger partial charge on any atom is 0.209 e. The Kier molecular flexibility index (Phi) is 6.21. The zero-order chi connectivity index (χ0) is 19.4. The summed E-state index contributed by atoms with van der Waals surface area (Å²) < 4.78 is 24.2. The first-order chi connectivity index (χ1) is 12.8. The van der Waals surface area contributed by atoms with E-state index in [0.29, 0.717) is 28.2 Å². The number of aryl methyl sites for hydroxylation is 1. The average molecular weight is 423 g/mol. The van der Waals surface area contributed by atoms with Crippen LogP contribution in [0.25, 0.3) is 17.1 Å². The highest BCUT2D eigenvalue weighted by molar-refractivity contribution is 7.99. The lowest BCUT2D eigenvalue weighted by Gasteiger charge is -2.11. The van der Waals surface area contributed by atoms with Crippen LogP contribution in [0, 0.1) is 6.92 Å². The Morgan fingerprint density at radius 1 is 1.07 bits per heavy atom. The van der Waals surface area contributed by atoms with Gasteiger partial charge in [-0.3, -0.25) is 4.57 Å². The number of nitrogens with two attached hydrogens (primary N) is 1. The van der Waals surface area contributed by atoms with E-state index in [-0.39, 0.29) is 5.75 Å². The zero-order valence-corrected chi connectivity index (χ0v) is 17.1. The largest absolute Gasteiger partial charge is 0.270 e. The van der Waals surface area contributed by atoms with Crippen molar-refractivity contribution in [3.05, 3.63) is 59.1 Å². The van der Waals surface area contributed by atoms with Gasteiger partial charge in [-0.2, -0.15) is 0 Å². The van der Waals surface area contributed by atoms with E-state index in [0.717, 1.165) is 16.8 Å². The second-order valence-electron chi connectivity index (χ2n) is 6.05. The zero-order valence-electron chi connectivity index (χ0n) is 14.7. The summed E-state index contributed by atoms with van der Waals surface area (Å²) in [6, 6.07) is 15.5. The number of aromatic nitrogens is 3. The summed E-state index contributed by atoms with van der Waals surface area (Å²) >= 11 is 7.44. The third-order valence-electron chi connectivity index (χ3n) is 3.83. The molecule has 0 amide bonds. The van der Waals surface area contributed by atoms with E-state index in [2.05, 4.69) is 10.2 Å². The summed E-state index contributed by atoms with van der Waals surface area (Å²) in [6.45, 7) is 2.03. The summed E-state index contributed by atoms with van der Waals surface area (Å²) in [5.74, 6) is 1.22. The van der Waals surface area contributed by atoms with Gasteiger partial charge in [-0.1, -0.05) is 41.1 Å². The Morgan fingerprint density at radius 2 is 1.74 bits per heavy atom. The number of nitrogens with zero attached hydrogens (tertiary/aromatic N) is 3. The van der Waals surface area contributed by atoms with Crippen LogP contribution in [-0.4, -0.2) is 34.7 Å². The van der Waals surface area contributed by atoms with Crippen molar-refractivity contribution in [1.29, 1.82) is 0 Å². The molecule has 3 aromatic rings. The Hall–Kier alpha value is -1.87. The van der Waals surface area contributed by atoms with Gasteiger partial charge < -0.3 is 0 Å². The standard InChI is InChI=1S/C18H19ClN4O2S2/c1-13-3-9-16(10-4-13)23-17(14-5-7-15(19)8-6-14)21-22-18(23)26-11-2-12-27(20,24)25/h3-10H,2,11-12H2,1H3,(H2,20,24,25). The van der Waals surface area contributed by atoms with Crippen molar-refractivity contribution in [2.24, 2.45) is 5.14 Å². The number of hydrogen-bond acceptors (Lipinski definition) is 5. The molecule has 1 heterocycles. The Morgan fingerprint density at radius 3 is 2.37 bits per heavy atom. The fraction of sp³-hybridized carbons (Fsp3) is 0.222. The minimum absolute atomic E-state index is 0.0529. The van der Waals surface area contributed by atoms with Crippen LogP contribution in [0.5, 0.6) is 0 Å². The van der Waals surface area contributed by atoms with Gasteiger partial charge in [0.2, 0.25) is 10.0 Å². The highest BCUT2D eigenvalue weighted by atomic mass is 35.5. The molecule has 9 heteroatoms. The molecule has 0 bridgehead atoms. The van der Waals surface area contributed by atoms with Crippen molar-refractivity contribution in [3.8, 4) is 17.1 Å². The molecule has 6 nitrogen and oxygen atoms in total. The lowest BCUT2D eigenvalue weighted by atomic mass is 10.2. The van der Waals surface area contributed by atoms with Crippen molar-refractivity contribution < 1.29 is 8.42 Å². The Bertz CT molecular complexity index is 1020. The quantitative estimate of drug-likeness (QED) is 0.463. The fourth-order valence-electron chi connectivity index (χ4n) is 2.50. The van der Waals surface area contributed by atoms with E-state index in [1.54, 1.807) is 0 Å². The van der Waals surface area contributed by atoms with Gasteiger partial charge in [-0.15, -0.1) is 10.2 Å². The summed E-state index contributed by atoms with van der Waals surface area (Å²) in [6.07, 6.45) is 0.445. The highest BCUT2D eigenvalue weighted by Crippen LogP contribution is 2.29. The number of halogens is 1. The lowest BCUT2D eigenvalue weighted by molar-refractivity contribution is 0.596. The number of primary sulfonamides is 1. The molecule has 3 rings (SSSR count). The van der Waals surface area contributed by atoms with E-state index in [4.69, 9.17) is 16.7 Å². The summed E-state index contributed by atoms with van der Waals surface area (Å²) in [7, 11) is -3.46. The van der Waals surface area contributed by atoms with Crippen LogP contribution in [0.2, 0.25) is 5.02 Å². The maximum atomic E-state index is 11.1. The molecule has 27 heavy (non-hydrogen) atoms. The molecule has 0 saturated heterocycles. The van der Waals surface area contributed by atoms with E-state index < -0.39 is 10.0 Å². The molecule has 0 spiro atoms. The Labute approximate surface area is 167 Å². The van der Waals surface area contributed by atoms with E-state index in [1.165, 1.54) is 11.8 Å². The molecule has 0 aliphatic carbocycles. The smallest absolute Gasteiger partial charge is 0.209 e. The summed E-state index contributed by atoms with van der Waals surface area (Å²) in [4.78, 5) is 0. The number of sulfonamides is 1. The van der Waals surface area contributed by atoms with E-state index in [9.17, 15) is 8.42 Å². The minimum Gasteiger partial charge on any atom is -0.270 e. The van der Waals surface area contributed by atoms with Gasteiger partial charge in [-0.25, -0.2) is 13.6 Å². The van der Waals surface area contributed by atoms with Crippen LogP contribution >= 0.6 is 23.4 Å². The first-order valence-corrected chi connectivity index (χ1v) is 11.3. The Balaban J connectivity index is 1.93. The van der Waals surface area contributed by atoms with Gasteiger partial charge >= 0.3 is 0 Å². The average Bonchev–Trinajstić information content (AvgIpc) is 3.03. The molecule has 0 aliphatic heterocycles. The van der Waals surface area contributed by atoms with Crippen LogP contribution in [0.4, 0.5) is 0 Å². The van der Waals surface area contributed by atoms with Gasteiger partial charge in [0.1, 0.15) is 0 Å². The fourth-order valence-corrected chi connectivity index (χ4v) is 4.25. The molecule has 2 aromatic carbocycles. The maximum absolute atomic E-state index is 11.1. The van der Waals surface area contributed by atoms with E-state index in [1.807, 2.05) is 60.0 Å². The lowest BCUT2D eigenvalue weighted by Crippen LogP contribution is -2.16. The molecule has 0 aliphatic rings. The van der Waals surface area contributed by atoms with Gasteiger partial charge in [-0.05, 0) is 49.7 Å². The number of benzene rings is 2. The van der Waals surface area contributed by atoms with Gasteiger partial charge in [0.25, 0.3) is 0 Å². The third kappa shape index (κ3) is 5.32. The first-order valence-electron chi connectivity index (χ1n) is 8.25. The first kappa shape index (κ1) is 19.9. The molecule has 0 saturated carbocycles. The molecule has 0 radical (unpaired) electrons. The minimum atomic E-state index is -3.46. The number of thioether (sulfide) groups is 1. The molecule has 2 N–H and O–H groups in total. The van der Waals surface area contributed by atoms with Gasteiger partial charge in [0.15, 0.2) is 11.0 Å². The molecule has 142 valence electrons. The molecule has 0 fully saturated rings. The van der Waals surface area contributed by atoms with Crippen LogP contribution in [-0.2, 0) is 10.0 Å². The molecule has 1 aromatic heterocycles. The van der Waals surface area contributed by atoms with Crippen molar-refractivity contribution >= 4 is 33.4 Å². The van der Waals surface area contributed by atoms with Gasteiger partial charge in [0.05, 0.1) is 5.75 Å². The van der Waals surface area contributed by atoms with Crippen LogP contribution < -0.4 is 5.14 Å². The predicted molar refractivity (Wildman–Crippen MR) is 110 cm³/mol. The summed E-state index contributed by atoms with van der Waals surface area (Å²) in [5, 5.41) is 15.1.